The lowest BCUT2D eigenvalue weighted by atomic mass is 10.0. The van der Waals surface area contributed by atoms with Crippen LogP contribution >= 0.6 is 0 Å². The smallest absolute Gasteiger partial charge is 0.133 e. The summed E-state index contributed by atoms with van der Waals surface area (Å²) < 4.78 is 3.72. The molecular formula is C18H19N7. The van der Waals surface area contributed by atoms with E-state index in [1.165, 1.54) is 11.3 Å². The van der Waals surface area contributed by atoms with E-state index >= 15 is 0 Å². The number of hydrogen-bond donors (Lipinski definition) is 0. The van der Waals surface area contributed by atoms with Crippen molar-refractivity contribution in [1.82, 2.24) is 29.7 Å². The Balaban J connectivity index is 1.80. The number of hydrogen-bond acceptors (Lipinski definition) is 5. The zero-order chi connectivity index (χ0) is 17.4. The Morgan fingerprint density at radius 1 is 1.24 bits per heavy atom. The third-order valence-corrected chi connectivity index (χ3v) is 4.63. The Morgan fingerprint density at radius 3 is 2.84 bits per heavy atom. The summed E-state index contributed by atoms with van der Waals surface area (Å²) in [5, 5.41) is 22.5. The third-order valence-electron chi connectivity index (χ3n) is 4.63. The Kier molecular flexibility index (Phi) is 3.82. The van der Waals surface area contributed by atoms with E-state index in [2.05, 4.69) is 28.3 Å². The van der Waals surface area contributed by atoms with Gasteiger partial charge in [-0.05, 0) is 18.7 Å². The molecule has 0 saturated carbocycles. The lowest BCUT2D eigenvalue weighted by Crippen LogP contribution is -2.27. The van der Waals surface area contributed by atoms with Gasteiger partial charge in [0.05, 0.1) is 24.4 Å². The minimum Gasteiger partial charge on any atom is -0.302 e. The van der Waals surface area contributed by atoms with Crippen molar-refractivity contribution in [3.8, 4) is 17.5 Å². The van der Waals surface area contributed by atoms with Gasteiger partial charge >= 0.3 is 0 Å². The highest BCUT2D eigenvalue weighted by molar-refractivity contribution is 5.59. The van der Waals surface area contributed by atoms with E-state index in [-0.39, 0.29) is 0 Å². The van der Waals surface area contributed by atoms with Gasteiger partial charge in [0.25, 0.3) is 0 Å². The maximum absolute atomic E-state index is 9.35. The molecule has 0 aliphatic carbocycles. The number of benzene rings is 1. The van der Waals surface area contributed by atoms with Crippen LogP contribution in [0.1, 0.15) is 22.4 Å². The molecule has 1 aliphatic rings. The fourth-order valence-corrected chi connectivity index (χ4v) is 3.35. The molecule has 126 valence electrons. The normalized spacial score (nSPS) is 14.3. The molecule has 3 aromatic rings. The van der Waals surface area contributed by atoms with E-state index in [1.807, 2.05) is 42.2 Å². The summed E-state index contributed by atoms with van der Waals surface area (Å²) in [5.41, 5.74) is 5.81. The summed E-state index contributed by atoms with van der Waals surface area (Å²) in [5.74, 6) is 0. The van der Waals surface area contributed by atoms with Gasteiger partial charge in [-0.15, -0.1) is 5.10 Å². The highest BCUT2D eigenvalue weighted by atomic mass is 15.4. The van der Waals surface area contributed by atoms with Crippen LogP contribution in [0, 0.1) is 11.3 Å². The van der Waals surface area contributed by atoms with E-state index in [0.29, 0.717) is 12.1 Å². The van der Waals surface area contributed by atoms with E-state index < -0.39 is 0 Å². The minimum absolute atomic E-state index is 0.593. The van der Waals surface area contributed by atoms with Gasteiger partial charge in [0, 0.05) is 37.8 Å². The molecule has 0 N–H and O–H groups in total. The molecule has 0 spiro atoms. The van der Waals surface area contributed by atoms with Crippen molar-refractivity contribution < 1.29 is 0 Å². The topological polar surface area (TPSA) is 75.6 Å². The highest BCUT2D eigenvalue weighted by Gasteiger charge is 2.25. The van der Waals surface area contributed by atoms with Gasteiger partial charge in [-0.1, -0.05) is 23.4 Å². The van der Waals surface area contributed by atoms with Crippen molar-refractivity contribution in [2.45, 2.75) is 19.5 Å². The van der Waals surface area contributed by atoms with E-state index in [1.54, 1.807) is 4.68 Å². The van der Waals surface area contributed by atoms with Crippen LogP contribution in [-0.2, 0) is 26.6 Å². The predicted molar refractivity (Wildman–Crippen MR) is 92.5 cm³/mol. The predicted octanol–water partition coefficient (Wildman–Crippen LogP) is 1.59. The first-order valence-corrected chi connectivity index (χ1v) is 8.27. The number of nitriles is 1. The van der Waals surface area contributed by atoms with Gasteiger partial charge in [0.15, 0.2) is 0 Å². The number of rotatable bonds is 3. The van der Waals surface area contributed by atoms with Gasteiger partial charge < -0.3 is 4.90 Å². The van der Waals surface area contributed by atoms with Crippen LogP contribution in [0.5, 0.6) is 0 Å². The fourth-order valence-electron chi connectivity index (χ4n) is 3.35. The molecule has 2 aromatic heterocycles. The summed E-state index contributed by atoms with van der Waals surface area (Å²) in [7, 11) is 3.97. The number of nitrogens with zero attached hydrogens (tertiary/aromatic N) is 7. The van der Waals surface area contributed by atoms with Crippen LogP contribution in [0.3, 0.4) is 0 Å². The zero-order valence-electron chi connectivity index (χ0n) is 14.3. The average molecular weight is 333 g/mol. The van der Waals surface area contributed by atoms with Crippen LogP contribution in [0.4, 0.5) is 0 Å². The van der Waals surface area contributed by atoms with Gasteiger partial charge in [0.2, 0.25) is 0 Å². The van der Waals surface area contributed by atoms with Crippen LogP contribution in [-0.4, -0.2) is 43.3 Å². The molecule has 7 heteroatoms. The van der Waals surface area contributed by atoms with E-state index in [4.69, 9.17) is 5.10 Å². The molecule has 0 atom stereocenters. The van der Waals surface area contributed by atoms with E-state index in [9.17, 15) is 5.26 Å². The fraction of sp³-hybridized carbons (Fsp3) is 0.333. The van der Waals surface area contributed by atoms with Gasteiger partial charge in [-0.3, -0.25) is 9.36 Å². The Labute approximate surface area is 146 Å². The summed E-state index contributed by atoms with van der Waals surface area (Å²) in [4.78, 5) is 2.29. The maximum atomic E-state index is 9.35. The molecule has 0 amide bonds. The Bertz CT molecular complexity index is 960. The van der Waals surface area contributed by atoms with Crippen LogP contribution in [0.15, 0.2) is 30.5 Å². The molecule has 0 radical (unpaired) electrons. The summed E-state index contributed by atoms with van der Waals surface area (Å²) in [6.45, 7) is 2.44. The molecule has 4 rings (SSSR count). The first kappa shape index (κ1) is 15.5. The SMILES string of the molecule is CN1CCc2c(c(-c3cn(C)nn3)nn2Cc2ccccc2C#N)C1. The van der Waals surface area contributed by atoms with Crippen LogP contribution < -0.4 is 0 Å². The Morgan fingerprint density at radius 2 is 2.08 bits per heavy atom. The standard InChI is InChI=1S/C18H19N7/c1-23-8-7-17-15(11-23)18(16-12-24(2)22-20-16)21-25(17)10-14-6-4-3-5-13(14)9-19/h3-6,12H,7-8,10-11H2,1-2H3. The average Bonchev–Trinajstić information content (AvgIpc) is 3.19. The quantitative estimate of drug-likeness (QED) is 0.727. The van der Waals surface area contributed by atoms with Crippen molar-refractivity contribution in [3.05, 3.63) is 52.8 Å². The van der Waals surface area contributed by atoms with Crippen molar-refractivity contribution in [2.75, 3.05) is 13.6 Å². The number of aryl methyl sites for hydroxylation is 1. The van der Waals surface area contributed by atoms with Crippen molar-refractivity contribution in [3.63, 3.8) is 0 Å². The van der Waals surface area contributed by atoms with Gasteiger partial charge in [-0.25, -0.2) is 0 Å². The second kappa shape index (κ2) is 6.15. The summed E-state index contributed by atoms with van der Waals surface area (Å²) in [6, 6.07) is 9.96. The Hall–Kier alpha value is -2.98. The highest BCUT2D eigenvalue weighted by Crippen LogP contribution is 2.29. The lowest BCUT2D eigenvalue weighted by Gasteiger charge is -2.23. The molecule has 0 saturated heterocycles. The molecule has 0 unspecified atom stereocenters. The molecule has 0 fully saturated rings. The van der Waals surface area contributed by atoms with Gasteiger partial charge in [0.1, 0.15) is 11.4 Å². The van der Waals surface area contributed by atoms with E-state index in [0.717, 1.165) is 36.5 Å². The summed E-state index contributed by atoms with van der Waals surface area (Å²) in [6.07, 6.45) is 2.83. The minimum atomic E-state index is 0.593. The van der Waals surface area contributed by atoms with Crippen LogP contribution in [0.2, 0.25) is 0 Å². The third kappa shape index (κ3) is 2.81. The molecule has 1 aliphatic heterocycles. The van der Waals surface area contributed by atoms with Gasteiger partial charge in [-0.2, -0.15) is 10.4 Å². The maximum Gasteiger partial charge on any atom is 0.133 e. The monoisotopic (exact) mass is 333 g/mol. The molecule has 25 heavy (non-hydrogen) atoms. The number of aromatic nitrogens is 5. The molecule has 7 nitrogen and oxygen atoms in total. The second-order valence-electron chi connectivity index (χ2n) is 6.47. The molecule has 3 heterocycles. The summed E-state index contributed by atoms with van der Waals surface area (Å²) >= 11 is 0. The number of fused-ring (bicyclic) bond motifs is 1. The molecule has 1 aromatic carbocycles. The van der Waals surface area contributed by atoms with Crippen molar-refractivity contribution in [1.29, 1.82) is 5.26 Å². The van der Waals surface area contributed by atoms with Crippen molar-refractivity contribution in [2.24, 2.45) is 7.05 Å². The first-order valence-electron chi connectivity index (χ1n) is 8.27. The molecular weight excluding hydrogens is 314 g/mol. The molecule has 0 bridgehead atoms. The zero-order valence-corrected chi connectivity index (χ0v) is 14.3. The largest absolute Gasteiger partial charge is 0.302 e. The van der Waals surface area contributed by atoms with Crippen LogP contribution in [0.25, 0.3) is 11.4 Å². The second-order valence-corrected chi connectivity index (χ2v) is 6.47. The van der Waals surface area contributed by atoms with Crippen molar-refractivity contribution >= 4 is 0 Å². The lowest BCUT2D eigenvalue weighted by molar-refractivity contribution is 0.308. The first-order chi connectivity index (χ1) is 12.2. The number of likely N-dealkylation sites (N-methyl/N-ethyl adjacent to an activating group) is 1.